The van der Waals surface area contributed by atoms with E-state index in [0.717, 1.165) is 31.2 Å². The smallest absolute Gasteiger partial charge is 0.225 e. The summed E-state index contributed by atoms with van der Waals surface area (Å²) in [6.07, 6.45) is 8.14. The Balaban J connectivity index is 1.66. The third-order valence-corrected chi connectivity index (χ3v) is 4.19. The number of fused-ring (bicyclic) bond motifs is 1. The average molecular weight is 300 g/mol. The van der Waals surface area contributed by atoms with Crippen LogP contribution in [0.15, 0.2) is 24.7 Å². The average Bonchev–Trinajstić information content (AvgIpc) is 2.55. The Kier molecular flexibility index (Phi) is 4.58. The van der Waals surface area contributed by atoms with Crippen LogP contribution < -0.4 is 5.32 Å². The molecule has 0 spiro atoms. The molecule has 116 valence electrons. The number of hydrogen-bond acceptors (Lipinski definition) is 5. The molecule has 2 atom stereocenters. The maximum atomic E-state index is 12.3. The van der Waals surface area contributed by atoms with E-state index in [2.05, 4.69) is 20.3 Å². The molecule has 0 bridgehead atoms. The van der Waals surface area contributed by atoms with Gasteiger partial charge in [0.1, 0.15) is 11.8 Å². The van der Waals surface area contributed by atoms with Crippen molar-refractivity contribution >= 4 is 22.8 Å². The topological polar surface area (TPSA) is 77.0 Å². The summed E-state index contributed by atoms with van der Waals surface area (Å²) >= 11 is 0. The SMILES string of the molecule is COC1CCCC(CC(=O)Nc2ncnc3cccnc23)C1. The lowest BCUT2D eigenvalue weighted by atomic mass is 9.85. The van der Waals surface area contributed by atoms with Gasteiger partial charge in [0, 0.05) is 19.7 Å². The number of anilines is 1. The monoisotopic (exact) mass is 300 g/mol. The van der Waals surface area contributed by atoms with Crippen molar-refractivity contribution in [2.24, 2.45) is 5.92 Å². The van der Waals surface area contributed by atoms with Crippen LogP contribution in [0, 0.1) is 5.92 Å². The summed E-state index contributed by atoms with van der Waals surface area (Å²) < 4.78 is 5.42. The fourth-order valence-corrected chi connectivity index (χ4v) is 3.07. The molecule has 1 N–H and O–H groups in total. The molecular formula is C16H20N4O2. The molecular weight excluding hydrogens is 280 g/mol. The molecule has 22 heavy (non-hydrogen) atoms. The van der Waals surface area contributed by atoms with Gasteiger partial charge in [0.15, 0.2) is 5.82 Å². The lowest BCUT2D eigenvalue weighted by Crippen LogP contribution is -2.25. The molecule has 1 aliphatic carbocycles. The molecule has 1 amide bonds. The molecule has 0 aliphatic heterocycles. The highest BCUT2D eigenvalue weighted by Crippen LogP contribution is 2.28. The van der Waals surface area contributed by atoms with Gasteiger partial charge in [0.05, 0.1) is 11.6 Å². The minimum atomic E-state index is -0.0209. The number of hydrogen-bond donors (Lipinski definition) is 1. The van der Waals surface area contributed by atoms with Crippen LogP contribution in [0.4, 0.5) is 5.82 Å². The van der Waals surface area contributed by atoms with Gasteiger partial charge in [-0.3, -0.25) is 9.78 Å². The van der Waals surface area contributed by atoms with Gasteiger partial charge in [-0.15, -0.1) is 0 Å². The van der Waals surface area contributed by atoms with E-state index in [4.69, 9.17) is 4.74 Å². The van der Waals surface area contributed by atoms with Crippen LogP contribution >= 0.6 is 0 Å². The molecule has 1 aliphatic rings. The van der Waals surface area contributed by atoms with E-state index in [9.17, 15) is 4.79 Å². The van der Waals surface area contributed by atoms with Crippen LogP contribution in [0.5, 0.6) is 0 Å². The van der Waals surface area contributed by atoms with E-state index < -0.39 is 0 Å². The number of aromatic nitrogens is 3. The Morgan fingerprint density at radius 2 is 2.27 bits per heavy atom. The fraction of sp³-hybridized carbons (Fsp3) is 0.500. The van der Waals surface area contributed by atoms with E-state index in [0.29, 0.717) is 23.7 Å². The third kappa shape index (κ3) is 3.39. The van der Waals surface area contributed by atoms with Crippen LogP contribution in [-0.2, 0) is 9.53 Å². The molecule has 0 saturated heterocycles. The van der Waals surface area contributed by atoms with Crippen LogP contribution in [-0.4, -0.2) is 34.1 Å². The molecule has 2 aromatic heterocycles. The van der Waals surface area contributed by atoms with Crippen LogP contribution in [0.25, 0.3) is 11.0 Å². The predicted octanol–water partition coefficient (Wildman–Crippen LogP) is 2.56. The number of nitrogens with zero attached hydrogens (tertiary/aromatic N) is 3. The van der Waals surface area contributed by atoms with Crippen molar-refractivity contribution in [3.8, 4) is 0 Å². The minimum absolute atomic E-state index is 0.0209. The Morgan fingerprint density at radius 3 is 3.14 bits per heavy atom. The zero-order chi connectivity index (χ0) is 15.4. The van der Waals surface area contributed by atoms with Crippen molar-refractivity contribution in [2.45, 2.75) is 38.2 Å². The van der Waals surface area contributed by atoms with Gasteiger partial charge in [-0.25, -0.2) is 9.97 Å². The van der Waals surface area contributed by atoms with Crippen molar-refractivity contribution < 1.29 is 9.53 Å². The van der Waals surface area contributed by atoms with E-state index >= 15 is 0 Å². The zero-order valence-corrected chi connectivity index (χ0v) is 12.7. The van der Waals surface area contributed by atoms with Crippen molar-refractivity contribution in [3.63, 3.8) is 0 Å². The largest absolute Gasteiger partial charge is 0.381 e. The first-order chi connectivity index (χ1) is 10.8. The van der Waals surface area contributed by atoms with E-state index in [1.165, 1.54) is 6.33 Å². The summed E-state index contributed by atoms with van der Waals surface area (Å²) in [5.41, 5.74) is 1.35. The molecule has 1 fully saturated rings. The summed E-state index contributed by atoms with van der Waals surface area (Å²) in [4.78, 5) is 24.8. The van der Waals surface area contributed by atoms with Crippen LogP contribution in [0.3, 0.4) is 0 Å². The quantitative estimate of drug-likeness (QED) is 0.939. The number of pyridine rings is 1. The second kappa shape index (κ2) is 6.79. The van der Waals surface area contributed by atoms with E-state index in [-0.39, 0.29) is 12.0 Å². The van der Waals surface area contributed by atoms with Crippen molar-refractivity contribution in [2.75, 3.05) is 12.4 Å². The van der Waals surface area contributed by atoms with Crippen LogP contribution in [0.1, 0.15) is 32.1 Å². The third-order valence-electron chi connectivity index (χ3n) is 4.19. The normalized spacial score (nSPS) is 21.7. The highest BCUT2D eigenvalue weighted by molar-refractivity contribution is 5.97. The summed E-state index contributed by atoms with van der Waals surface area (Å²) in [7, 11) is 1.74. The van der Waals surface area contributed by atoms with Gasteiger partial charge >= 0.3 is 0 Å². The van der Waals surface area contributed by atoms with Gasteiger partial charge in [0.2, 0.25) is 5.91 Å². The number of methoxy groups -OCH3 is 1. The second-order valence-corrected chi connectivity index (χ2v) is 5.74. The highest BCUT2D eigenvalue weighted by Gasteiger charge is 2.24. The molecule has 2 heterocycles. The molecule has 6 nitrogen and oxygen atoms in total. The maximum absolute atomic E-state index is 12.3. The fourth-order valence-electron chi connectivity index (χ4n) is 3.07. The summed E-state index contributed by atoms with van der Waals surface area (Å²) in [5, 5.41) is 2.87. The molecule has 2 unspecified atom stereocenters. The highest BCUT2D eigenvalue weighted by atomic mass is 16.5. The van der Waals surface area contributed by atoms with Crippen molar-refractivity contribution in [1.29, 1.82) is 0 Å². The second-order valence-electron chi connectivity index (χ2n) is 5.74. The van der Waals surface area contributed by atoms with Gasteiger partial charge in [-0.2, -0.15) is 0 Å². The first-order valence-electron chi connectivity index (χ1n) is 7.64. The molecule has 2 aromatic rings. The lowest BCUT2D eigenvalue weighted by molar-refractivity contribution is -0.117. The summed E-state index contributed by atoms with van der Waals surface area (Å²) in [5.74, 6) is 0.835. The molecule has 6 heteroatoms. The number of carbonyl (C=O) groups is 1. The molecule has 0 aromatic carbocycles. The Labute approximate surface area is 129 Å². The number of carbonyl (C=O) groups excluding carboxylic acids is 1. The number of ether oxygens (including phenoxy) is 1. The van der Waals surface area contributed by atoms with Gasteiger partial charge in [-0.05, 0) is 37.3 Å². The Morgan fingerprint density at radius 1 is 1.36 bits per heavy atom. The molecule has 0 radical (unpaired) electrons. The van der Waals surface area contributed by atoms with Gasteiger partial charge < -0.3 is 10.1 Å². The Hall–Kier alpha value is -2.08. The minimum Gasteiger partial charge on any atom is -0.381 e. The van der Waals surface area contributed by atoms with Gasteiger partial charge in [-0.1, -0.05) is 6.42 Å². The molecule has 3 rings (SSSR count). The van der Waals surface area contributed by atoms with Crippen LogP contribution in [0.2, 0.25) is 0 Å². The first kappa shape index (κ1) is 14.8. The first-order valence-corrected chi connectivity index (χ1v) is 7.64. The predicted molar refractivity (Wildman–Crippen MR) is 83.3 cm³/mol. The number of amides is 1. The van der Waals surface area contributed by atoms with Gasteiger partial charge in [0.25, 0.3) is 0 Å². The summed E-state index contributed by atoms with van der Waals surface area (Å²) in [6.45, 7) is 0. The zero-order valence-electron chi connectivity index (χ0n) is 12.7. The van der Waals surface area contributed by atoms with Crippen molar-refractivity contribution in [1.82, 2.24) is 15.0 Å². The van der Waals surface area contributed by atoms with Crippen molar-refractivity contribution in [3.05, 3.63) is 24.7 Å². The van der Waals surface area contributed by atoms with E-state index in [1.807, 2.05) is 12.1 Å². The maximum Gasteiger partial charge on any atom is 0.225 e. The Bertz CT molecular complexity index is 656. The standard InChI is InChI=1S/C16H20N4O2/c1-22-12-5-2-4-11(8-12)9-14(21)20-16-15-13(18-10-19-16)6-3-7-17-15/h3,6-7,10-12H,2,4-5,8-9H2,1H3,(H,18,19,20,21). The number of rotatable bonds is 4. The number of nitrogens with one attached hydrogen (secondary N) is 1. The lowest BCUT2D eigenvalue weighted by Gasteiger charge is -2.27. The molecule has 1 saturated carbocycles. The summed E-state index contributed by atoms with van der Waals surface area (Å²) in [6, 6.07) is 3.66. The van der Waals surface area contributed by atoms with E-state index in [1.54, 1.807) is 13.3 Å².